The zero-order valence-electron chi connectivity index (χ0n) is 7.65. The minimum atomic E-state index is -4.77. The second-order valence-electron chi connectivity index (χ2n) is 3.12. The summed E-state index contributed by atoms with van der Waals surface area (Å²) in [4.78, 5) is 0. The molecule has 0 aliphatic heterocycles. The molecule has 0 aliphatic rings. The molecule has 0 aliphatic carbocycles. The molecule has 0 aromatic heterocycles. The fraction of sp³-hybridized carbons (Fsp3) is 0.333. The number of alkyl halides is 3. The van der Waals surface area contributed by atoms with Gasteiger partial charge < -0.3 is 5.11 Å². The first kappa shape index (κ1) is 12.8. The van der Waals surface area contributed by atoms with Crippen molar-refractivity contribution in [1.82, 2.24) is 0 Å². The molecule has 16 heavy (non-hydrogen) atoms. The molecule has 1 unspecified atom stereocenters. The van der Waals surface area contributed by atoms with E-state index in [9.17, 15) is 26.3 Å². The molecule has 0 heterocycles. The van der Waals surface area contributed by atoms with Gasteiger partial charge in [0.2, 0.25) is 0 Å². The molecular weight excluding hydrogens is 238 g/mol. The molecular formula is C9H6F6O. The molecule has 90 valence electrons. The van der Waals surface area contributed by atoms with E-state index in [1.165, 1.54) is 0 Å². The highest BCUT2D eigenvalue weighted by Gasteiger charge is 2.34. The number of aliphatic hydroxyl groups is 1. The normalized spacial score (nSPS) is 13.9. The molecule has 0 bridgehead atoms. The van der Waals surface area contributed by atoms with Gasteiger partial charge in [-0.15, -0.1) is 0 Å². The van der Waals surface area contributed by atoms with Crippen LogP contribution in [-0.2, 0) is 0 Å². The smallest absolute Gasteiger partial charge is 0.388 e. The van der Waals surface area contributed by atoms with Crippen molar-refractivity contribution in [2.24, 2.45) is 0 Å². The molecule has 0 spiro atoms. The second-order valence-corrected chi connectivity index (χ2v) is 3.12. The monoisotopic (exact) mass is 244 g/mol. The molecule has 1 aromatic rings. The van der Waals surface area contributed by atoms with Crippen LogP contribution >= 0.6 is 0 Å². The van der Waals surface area contributed by atoms with Crippen LogP contribution in [0.2, 0.25) is 0 Å². The fourth-order valence-corrected chi connectivity index (χ4v) is 1.19. The summed E-state index contributed by atoms with van der Waals surface area (Å²) in [5, 5.41) is 8.99. The van der Waals surface area contributed by atoms with E-state index >= 15 is 0 Å². The molecule has 0 fully saturated rings. The van der Waals surface area contributed by atoms with E-state index in [0.717, 1.165) is 0 Å². The lowest BCUT2D eigenvalue weighted by molar-refractivity contribution is -0.154. The maximum atomic E-state index is 12.9. The second kappa shape index (κ2) is 4.32. The van der Waals surface area contributed by atoms with Crippen LogP contribution in [0.1, 0.15) is 18.1 Å². The third kappa shape index (κ3) is 3.13. The quantitative estimate of drug-likeness (QED) is 0.792. The van der Waals surface area contributed by atoms with Gasteiger partial charge in [-0.05, 0) is 0 Å². The van der Waals surface area contributed by atoms with Crippen LogP contribution in [0.5, 0.6) is 0 Å². The van der Waals surface area contributed by atoms with E-state index in [2.05, 4.69) is 0 Å². The summed E-state index contributed by atoms with van der Waals surface area (Å²) in [6.07, 6.45) is -8.96. The first-order valence-electron chi connectivity index (χ1n) is 4.10. The van der Waals surface area contributed by atoms with Gasteiger partial charge in [0.25, 0.3) is 0 Å². The van der Waals surface area contributed by atoms with Crippen LogP contribution in [0, 0.1) is 17.5 Å². The van der Waals surface area contributed by atoms with E-state index in [-0.39, 0.29) is 12.1 Å². The molecule has 0 saturated carbocycles. The number of aliphatic hydroxyl groups excluding tert-OH is 1. The third-order valence-electron chi connectivity index (χ3n) is 1.80. The Morgan fingerprint density at radius 1 is 1.06 bits per heavy atom. The minimum absolute atomic E-state index is 0.206. The van der Waals surface area contributed by atoms with Crippen molar-refractivity contribution in [2.75, 3.05) is 0 Å². The van der Waals surface area contributed by atoms with Gasteiger partial charge in [0.05, 0.1) is 18.1 Å². The fourth-order valence-electron chi connectivity index (χ4n) is 1.19. The Morgan fingerprint density at radius 2 is 1.50 bits per heavy atom. The Labute approximate surface area is 86.3 Å². The number of halogens is 6. The zero-order chi connectivity index (χ0) is 12.5. The van der Waals surface area contributed by atoms with E-state index < -0.39 is 41.7 Å². The predicted molar refractivity (Wildman–Crippen MR) is 41.9 cm³/mol. The van der Waals surface area contributed by atoms with Gasteiger partial charge >= 0.3 is 6.18 Å². The minimum Gasteiger partial charge on any atom is -0.388 e. The maximum Gasteiger partial charge on any atom is 0.391 e. The van der Waals surface area contributed by atoms with Gasteiger partial charge in [0.1, 0.15) is 17.5 Å². The molecule has 0 saturated heterocycles. The Bertz CT molecular complexity index is 363. The SMILES string of the molecule is OC(CC(F)(F)F)c1c(F)cc(F)cc1F. The van der Waals surface area contributed by atoms with Gasteiger partial charge in [0.15, 0.2) is 0 Å². The Balaban J connectivity index is 3.04. The third-order valence-corrected chi connectivity index (χ3v) is 1.80. The highest BCUT2D eigenvalue weighted by atomic mass is 19.4. The molecule has 0 radical (unpaired) electrons. The highest BCUT2D eigenvalue weighted by Crippen LogP contribution is 2.32. The van der Waals surface area contributed by atoms with Crippen molar-refractivity contribution in [1.29, 1.82) is 0 Å². The molecule has 1 nitrogen and oxygen atoms in total. The van der Waals surface area contributed by atoms with Crippen LogP contribution in [0.15, 0.2) is 12.1 Å². The summed E-state index contributed by atoms with van der Waals surface area (Å²) in [6.45, 7) is 0. The number of hydrogen-bond acceptors (Lipinski definition) is 1. The van der Waals surface area contributed by atoms with Crippen LogP contribution in [-0.4, -0.2) is 11.3 Å². The van der Waals surface area contributed by atoms with Crippen molar-refractivity contribution < 1.29 is 31.4 Å². The predicted octanol–water partition coefficient (Wildman–Crippen LogP) is 3.09. The van der Waals surface area contributed by atoms with Gasteiger partial charge in [-0.25, -0.2) is 13.2 Å². The van der Waals surface area contributed by atoms with Crippen molar-refractivity contribution in [3.63, 3.8) is 0 Å². The van der Waals surface area contributed by atoms with Crippen LogP contribution in [0.25, 0.3) is 0 Å². The highest BCUT2D eigenvalue weighted by molar-refractivity contribution is 5.23. The molecule has 1 atom stereocenters. The van der Waals surface area contributed by atoms with E-state index in [0.29, 0.717) is 0 Å². The number of benzene rings is 1. The van der Waals surface area contributed by atoms with Crippen LogP contribution in [0.4, 0.5) is 26.3 Å². The van der Waals surface area contributed by atoms with Crippen molar-refractivity contribution in [3.8, 4) is 0 Å². The van der Waals surface area contributed by atoms with Gasteiger partial charge in [0, 0.05) is 12.1 Å². The van der Waals surface area contributed by atoms with Gasteiger partial charge in [-0.2, -0.15) is 13.2 Å². The molecule has 0 amide bonds. The van der Waals surface area contributed by atoms with Crippen LogP contribution < -0.4 is 0 Å². The Kier molecular flexibility index (Phi) is 3.47. The standard InChI is InChI=1S/C9H6F6O/c10-4-1-5(11)8(6(12)2-4)7(16)3-9(13,14)15/h1-2,7,16H,3H2. The van der Waals surface area contributed by atoms with E-state index in [1.807, 2.05) is 0 Å². The maximum absolute atomic E-state index is 12.9. The Hall–Kier alpha value is -1.24. The molecule has 7 heteroatoms. The lowest BCUT2D eigenvalue weighted by Crippen LogP contribution is -2.16. The van der Waals surface area contributed by atoms with E-state index in [1.54, 1.807) is 0 Å². The summed E-state index contributed by atoms with van der Waals surface area (Å²) in [6, 6.07) is 0.413. The van der Waals surface area contributed by atoms with Gasteiger partial charge in [-0.1, -0.05) is 0 Å². The van der Waals surface area contributed by atoms with Crippen LogP contribution in [0.3, 0.4) is 0 Å². The summed E-state index contributed by atoms with van der Waals surface area (Å²) in [5.41, 5.74) is -1.18. The lowest BCUT2D eigenvalue weighted by Gasteiger charge is -2.14. The van der Waals surface area contributed by atoms with Gasteiger partial charge in [-0.3, -0.25) is 0 Å². The molecule has 1 rings (SSSR count). The average molecular weight is 244 g/mol. The average Bonchev–Trinajstić information content (AvgIpc) is 1.96. The summed E-state index contributed by atoms with van der Waals surface area (Å²) in [7, 11) is 0. The zero-order valence-corrected chi connectivity index (χ0v) is 7.65. The summed E-state index contributed by atoms with van der Waals surface area (Å²) < 4.78 is 73.9. The first-order chi connectivity index (χ1) is 7.20. The number of hydrogen-bond donors (Lipinski definition) is 1. The summed E-state index contributed by atoms with van der Waals surface area (Å²) >= 11 is 0. The van der Waals surface area contributed by atoms with E-state index in [4.69, 9.17) is 5.11 Å². The largest absolute Gasteiger partial charge is 0.391 e. The van der Waals surface area contributed by atoms with Crippen molar-refractivity contribution >= 4 is 0 Å². The molecule has 1 N–H and O–H groups in total. The first-order valence-corrected chi connectivity index (χ1v) is 4.10. The van der Waals surface area contributed by atoms with Crippen molar-refractivity contribution in [3.05, 3.63) is 35.1 Å². The summed E-state index contributed by atoms with van der Waals surface area (Å²) in [5.74, 6) is -4.36. The van der Waals surface area contributed by atoms with Crippen molar-refractivity contribution in [2.45, 2.75) is 18.7 Å². The lowest BCUT2D eigenvalue weighted by atomic mass is 10.0. The Morgan fingerprint density at radius 3 is 1.88 bits per heavy atom. The topological polar surface area (TPSA) is 20.2 Å². The number of rotatable bonds is 2. The molecule has 1 aromatic carbocycles.